The molecule has 0 radical (unpaired) electrons. The first-order chi connectivity index (χ1) is 9.54. The summed E-state index contributed by atoms with van der Waals surface area (Å²) < 4.78 is 0. The molecule has 1 aliphatic rings. The Bertz CT molecular complexity index is 532. The van der Waals surface area contributed by atoms with Crippen LogP contribution in [-0.2, 0) is 0 Å². The van der Waals surface area contributed by atoms with Crippen LogP contribution < -0.4 is 10.4 Å². The van der Waals surface area contributed by atoms with Gasteiger partial charge >= 0.3 is 0 Å². The van der Waals surface area contributed by atoms with Crippen molar-refractivity contribution in [1.29, 1.82) is 0 Å². The lowest BCUT2D eigenvalue weighted by Crippen LogP contribution is -2.39. The molecule has 1 atom stereocenters. The topological polar surface area (TPSA) is 95.7 Å². The molecule has 1 aromatic rings. The van der Waals surface area contributed by atoms with Crippen LogP contribution in [0.5, 0.6) is 0 Å². The van der Waals surface area contributed by atoms with E-state index in [4.69, 9.17) is 5.21 Å². The van der Waals surface area contributed by atoms with Crippen LogP contribution in [0.1, 0.15) is 36.5 Å². The number of anilines is 1. The van der Waals surface area contributed by atoms with E-state index in [1.54, 1.807) is 11.5 Å². The molecular formula is C13H17N3O4. The van der Waals surface area contributed by atoms with Gasteiger partial charge in [0, 0.05) is 24.7 Å². The van der Waals surface area contributed by atoms with Crippen LogP contribution in [0.4, 0.5) is 11.4 Å². The average molecular weight is 279 g/mol. The second-order valence-electron chi connectivity index (χ2n) is 4.94. The number of amides is 1. The molecule has 1 fully saturated rings. The number of hydrogen-bond donors (Lipinski definition) is 2. The Morgan fingerprint density at radius 1 is 1.50 bits per heavy atom. The van der Waals surface area contributed by atoms with Gasteiger partial charge in [-0.05, 0) is 32.3 Å². The van der Waals surface area contributed by atoms with E-state index in [0.717, 1.165) is 25.8 Å². The first-order valence-corrected chi connectivity index (χ1v) is 6.54. The second-order valence-corrected chi connectivity index (χ2v) is 4.94. The molecule has 1 saturated heterocycles. The van der Waals surface area contributed by atoms with Crippen LogP contribution in [0, 0.1) is 10.1 Å². The van der Waals surface area contributed by atoms with Crippen LogP contribution in [0.25, 0.3) is 0 Å². The van der Waals surface area contributed by atoms with Gasteiger partial charge < -0.3 is 4.90 Å². The number of hydroxylamine groups is 1. The van der Waals surface area contributed by atoms with Crippen LogP contribution in [-0.4, -0.2) is 28.6 Å². The van der Waals surface area contributed by atoms with Crippen LogP contribution >= 0.6 is 0 Å². The highest BCUT2D eigenvalue weighted by Crippen LogP contribution is 2.30. The maximum absolute atomic E-state index is 11.7. The molecule has 0 saturated carbocycles. The third-order valence-corrected chi connectivity index (χ3v) is 3.65. The van der Waals surface area contributed by atoms with Gasteiger partial charge in [0.1, 0.15) is 0 Å². The first-order valence-electron chi connectivity index (χ1n) is 6.54. The van der Waals surface area contributed by atoms with Gasteiger partial charge in [0.15, 0.2) is 0 Å². The average Bonchev–Trinajstić information content (AvgIpc) is 2.46. The summed E-state index contributed by atoms with van der Waals surface area (Å²) in [7, 11) is 0. The Balaban J connectivity index is 2.45. The zero-order valence-corrected chi connectivity index (χ0v) is 11.2. The number of nitro benzene ring substituents is 1. The summed E-state index contributed by atoms with van der Waals surface area (Å²) in [5, 5.41) is 19.6. The summed E-state index contributed by atoms with van der Waals surface area (Å²) in [5.41, 5.74) is 2.12. The molecule has 0 bridgehead atoms. The first kappa shape index (κ1) is 14.3. The Kier molecular flexibility index (Phi) is 4.19. The Morgan fingerprint density at radius 2 is 2.25 bits per heavy atom. The smallest absolute Gasteiger partial charge is 0.276 e. The number of piperidine rings is 1. The summed E-state index contributed by atoms with van der Waals surface area (Å²) >= 11 is 0. The monoisotopic (exact) mass is 279 g/mol. The molecule has 20 heavy (non-hydrogen) atoms. The summed E-state index contributed by atoms with van der Waals surface area (Å²) in [6, 6.07) is 4.41. The van der Waals surface area contributed by atoms with Gasteiger partial charge in [-0.1, -0.05) is 0 Å². The van der Waals surface area contributed by atoms with Gasteiger partial charge in [-0.15, -0.1) is 0 Å². The molecular weight excluding hydrogens is 262 g/mol. The number of hydrogen-bond acceptors (Lipinski definition) is 5. The quantitative estimate of drug-likeness (QED) is 0.502. The number of carbonyl (C=O) groups excluding carboxylic acids is 1. The molecule has 7 heteroatoms. The van der Waals surface area contributed by atoms with Crippen molar-refractivity contribution in [3.8, 4) is 0 Å². The highest BCUT2D eigenvalue weighted by atomic mass is 16.6. The summed E-state index contributed by atoms with van der Waals surface area (Å²) in [6.07, 6.45) is 3.16. The molecule has 0 aliphatic carbocycles. The van der Waals surface area contributed by atoms with Crippen LogP contribution in [0.2, 0.25) is 0 Å². The molecule has 0 spiro atoms. The fourth-order valence-electron chi connectivity index (χ4n) is 2.59. The molecule has 7 nitrogen and oxygen atoms in total. The highest BCUT2D eigenvalue weighted by Gasteiger charge is 2.25. The van der Waals surface area contributed by atoms with E-state index >= 15 is 0 Å². The summed E-state index contributed by atoms with van der Waals surface area (Å²) in [4.78, 5) is 24.1. The van der Waals surface area contributed by atoms with Crippen LogP contribution in [0.3, 0.4) is 0 Å². The van der Waals surface area contributed by atoms with Gasteiger partial charge in [0.05, 0.1) is 16.2 Å². The minimum atomic E-state index is -0.735. The molecule has 1 aromatic carbocycles. The second kappa shape index (κ2) is 5.87. The minimum Gasteiger partial charge on any atom is -0.368 e. The number of rotatable bonds is 3. The number of nitrogens with one attached hydrogen (secondary N) is 1. The third-order valence-electron chi connectivity index (χ3n) is 3.65. The molecule has 0 aromatic heterocycles. The lowest BCUT2D eigenvalue weighted by atomic mass is 10.0. The van der Waals surface area contributed by atoms with E-state index in [1.807, 2.05) is 0 Å². The van der Waals surface area contributed by atoms with Crippen molar-refractivity contribution >= 4 is 17.3 Å². The van der Waals surface area contributed by atoms with Crippen molar-refractivity contribution in [2.75, 3.05) is 11.4 Å². The van der Waals surface area contributed by atoms with Gasteiger partial charge in [0.25, 0.3) is 11.6 Å². The van der Waals surface area contributed by atoms with E-state index in [0.29, 0.717) is 5.69 Å². The number of non-ortho nitro benzene ring substituents is 1. The molecule has 108 valence electrons. The van der Waals surface area contributed by atoms with Crippen molar-refractivity contribution in [3.05, 3.63) is 33.9 Å². The predicted octanol–water partition coefficient (Wildman–Crippen LogP) is 2.09. The Labute approximate surface area is 116 Å². The lowest BCUT2D eigenvalue weighted by Gasteiger charge is -2.36. The molecule has 1 unspecified atom stereocenters. The van der Waals surface area contributed by atoms with Crippen molar-refractivity contribution in [3.63, 3.8) is 0 Å². The van der Waals surface area contributed by atoms with Crippen molar-refractivity contribution in [2.45, 2.75) is 32.2 Å². The van der Waals surface area contributed by atoms with Gasteiger partial charge in [-0.25, -0.2) is 5.48 Å². The minimum absolute atomic E-state index is 0.121. The number of nitro groups is 1. The largest absolute Gasteiger partial charge is 0.368 e. The summed E-state index contributed by atoms with van der Waals surface area (Å²) in [6.45, 7) is 2.85. The van der Waals surface area contributed by atoms with E-state index < -0.39 is 10.8 Å². The van der Waals surface area contributed by atoms with Crippen molar-refractivity contribution in [2.24, 2.45) is 0 Å². The highest BCUT2D eigenvalue weighted by molar-refractivity contribution is 6.00. The van der Waals surface area contributed by atoms with Crippen molar-refractivity contribution < 1.29 is 14.9 Å². The molecule has 2 rings (SSSR count). The fraction of sp³-hybridized carbons (Fsp3) is 0.462. The van der Waals surface area contributed by atoms with Gasteiger partial charge in [0.2, 0.25) is 0 Å². The fourth-order valence-corrected chi connectivity index (χ4v) is 2.59. The van der Waals surface area contributed by atoms with E-state index in [1.165, 1.54) is 12.1 Å². The number of nitrogens with zero attached hydrogens (tertiary/aromatic N) is 2. The van der Waals surface area contributed by atoms with Gasteiger partial charge in [-0.2, -0.15) is 0 Å². The zero-order chi connectivity index (χ0) is 14.7. The van der Waals surface area contributed by atoms with Crippen molar-refractivity contribution in [1.82, 2.24) is 5.48 Å². The Hall–Kier alpha value is -2.15. The van der Waals surface area contributed by atoms with E-state index in [2.05, 4.69) is 11.8 Å². The lowest BCUT2D eigenvalue weighted by molar-refractivity contribution is -0.384. The van der Waals surface area contributed by atoms with Crippen LogP contribution in [0.15, 0.2) is 18.2 Å². The zero-order valence-electron chi connectivity index (χ0n) is 11.2. The normalized spacial score (nSPS) is 18.7. The standard InChI is InChI=1S/C13H17N3O4/c1-9-4-2-3-7-15(9)12-6-5-10(16(19)20)8-11(12)13(17)14-18/h5-6,8-9,18H,2-4,7H2,1H3,(H,14,17). The van der Waals surface area contributed by atoms with Gasteiger partial charge in [-0.3, -0.25) is 20.1 Å². The molecule has 1 amide bonds. The Morgan fingerprint density at radius 3 is 2.85 bits per heavy atom. The maximum Gasteiger partial charge on any atom is 0.276 e. The maximum atomic E-state index is 11.7. The van der Waals surface area contributed by atoms with E-state index in [9.17, 15) is 14.9 Å². The number of benzene rings is 1. The summed E-state index contributed by atoms with van der Waals surface area (Å²) in [5.74, 6) is -0.735. The van der Waals surface area contributed by atoms with E-state index in [-0.39, 0.29) is 17.3 Å². The number of carbonyl (C=O) groups is 1. The third kappa shape index (κ3) is 2.72. The molecule has 2 N–H and O–H groups in total. The molecule has 1 aliphatic heterocycles. The molecule has 1 heterocycles. The predicted molar refractivity (Wildman–Crippen MR) is 73.0 cm³/mol. The SMILES string of the molecule is CC1CCCCN1c1ccc([N+](=O)[O-])cc1C(=O)NO.